The van der Waals surface area contributed by atoms with Crippen molar-refractivity contribution in [3.05, 3.63) is 47.3 Å². The van der Waals surface area contributed by atoms with E-state index in [4.69, 9.17) is 4.74 Å². The molecule has 0 spiro atoms. The number of benzene rings is 1. The molecule has 1 fully saturated rings. The summed E-state index contributed by atoms with van der Waals surface area (Å²) in [5, 5.41) is 7.04. The summed E-state index contributed by atoms with van der Waals surface area (Å²) in [6.45, 7) is 3.07. The molecule has 138 valence electrons. The predicted octanol–water partition coefficient (Wildman–Crippen LogP) is 2.12. The van der Waals surface area contributed by atoms with Crippen LogP contribution < -0.4 is 5.32 Å². The fraction of sp³-hybridized carbons (Fsp3) is 0.421. The van der Waals surface area contributed by atoms with Gasteiger partial charge < -0.3 is 15.0 Å². The van der Waals surface area contributed by atoms with Crippen molar-refractivity contribution >= 4 is 17.5 Å². The van der Waals surface area contributed by atoms with Gasteiger partial charge >= 0.3 is 0 Å². The van der Waals surface area contributed by atoms with Gasteiger partial charge in [-0.25, -0.2) is 0 Å². The molecule has 1 aromatic carbocycles. The van der Waals surface area contributed by atoms with Crippen LogP contribution in [0.4, 0.5) is 5.69 Å². The Labute approximate surface area is 152 Å². The molecule has 7 nitrogen and oxygen atoms in total. The van der Waals surface area contributed by atoms with Gasteiger partial charge in [0.05, 0.1) is 6.20 Å². The number of nitrogens with one attached hydrogen (secondary N) is 1. The van der Waals surface area contributed by atoms with Gasteiger partial charge in [-0.2, -0.15) is 5.10 Å². The molecule has 26 heavy (non-hydrogen) atoms. The SMILES string of the molecule is Cc1c(CN(C)C(=O)c2cccc(NC(=O)C3CCCO3)c2)cnn1C. The summed E-state index contributed by atoms with van der Waals surface area (Å²) in [5.74, 6) is -0.270. The number of hydrogen-bond acceptors (Lipinski definition) is 4. The second-order valence-corrected chi connectivity index (χ2v) is 6.61. The molecule has 1 aliphatic heterocycles. The van der Waals surface area contributed by atoms with Gasteiger partial charge in [-0.1, -0.05) is 6.07 Å². The third-order valence-electron chi connectivity index (χ3n) is 4.69. The molecular formula is C19H24N4O3. The Balaban J connectivity index is 1.67. The summed E-state index contributed by atoms with van der Waals surface area (Å²) in [5.41, 5.74) is 3.16. The average molecular weight is 356 g/mol. The van der Waals surface area contributed by atoms with E-state index in [0.717, 1.165) is 24.1 Å². The second kappa shape index (κ2) is 7.70. The summed E-state index contributed by atoms with van der Waals surface area (Å²) >= 11 is 0. The number of hydrogen-bond donors (Lipinski definition) is 1. The quantitative estimate of drug-likeness (QED) is 0.890. The molecule has 2 heterocycles. The molecule has 0 saturated carbocycles. The van der Waals surface area contributed by atoms with Gasteiger partial charge in [-0.15, -0.1) is 0 Å². The van der Waals surface area contributed by atoms with Gasteiger partial charge in [-0.05, 0) is 38.0 Å². The smallest absolute Gasteiger partial charge is 0.253 e. The van der Waals surface area contributed by atoms with Crippen molar-refractivity contribution in [2.75, 3.05) is 19.0 Å². The van der Waals surface area contributed by atoms with Crippen molar-refractivity contribution < 1.29 is 14.3 Å². The molecule has 1 unspecified atom stereocenters. The molecular weight excluding hydrogens is 332 g/mol. The summed E-state index contributed by atoms with van der Waals surface area (Å²) < 4.78 is 7.17. The number of aromatic nitrogens is 2. The van der Waals surface area contributed by atoms with Crippen LogP contribution in [0.3, 0.4) is 0 Å². The molecule has 1 aromatic heterocycles. The number of carbonyl (C=O) groups excluding carboxylic acids is 2. The fourth-order valence-corrected chi connectivity index (χ4v) is 2.98. The van der Waals surface area contributed by atoms with Gasteiger partial charge in [0.15, 0.2) is 0 Å². The largest absolute Gasteiger partial charge is 0.368 e. The van der Waals surface area contributed by atoms with Crippen molar-refractivity contribution in [2.45, 2.75) is 32.4 Å². The van der Waals surface area contributed by atoms with Crippen LogP contribution in [-0.2, 0) is 23.1 Å². The standard InChI is InChI=1S/C19H24N4O3/c1-13-15(11-20-23(13)3)12-22(2)19(25)14-6-4-7-16(10-14)21-18(24)17-8-5-9-26-17/h4,6-7,10-11,17H,5,8-9,12H2,1-3H3,(H,21,24). The van der Waals surface area contributed by atoms with Crippen molar-refractivity contribution in [2.24, 2.45) is 7.05 Å². The van der Waals surface area contributed by atoms with E-state index in [9.17, 15) is 9.59 Å². The maximum Gasteiger partial charge on any atom is 0.253 e. The molecule has 0 bridgehead atoms. The van der Waals surface area contributed by atoms with Crippen LogP contribution in [0.2, 0.25) is 0 Å². The molecule has 1 N–H and O–H groups in total. The maximum absolute atomic E-state index is 12.7. The predicted molar refractivity (Wildman–Crippen MR) is 97.8 cm³/mol. The monoisotopic (exact) mass is 356 g/mol. The Hall–Kier alpha value is -2.67. The minimum Gasteiger partial charge on any atom is -0.368 e. The van der Waals surface area contributed by atoms with E-state index in [-0.39, 0.29) is 11.8 Å². The van der Waals surface area contributed by atoms with Crippen molar-refractivity contribution in [3.8, 4) is 0 Å². The number of carbonyl (C=O) groups is 2. The highest BCUT2D eigenvalue weighted by Gasteiger charge is 2.23. The van der Waals surface area contributed by atoms with Gasteiger partial charge in [0.25, 0.3) is 11.8 Å². The third-order valence-corrected chi connectivity index (χ3v) is 4.69. The summed E-state index contributed by atoms with van der Waals surface area (Å²) in [6.07, 6.45) is 3.01. The Morgan fingerprint density at radius 1 is 1.42 bits per heavy atom. The number of nitrogens with zero attached hydrogens (tertiary/aromatic N) is 3. The molecule has 2 amide bonds. The fourth-order valence-electron chi connectivity index (χ4n) is 2.98. The molecule has 1 aliphatic rings. The lowest BCUT2D eigenvalue weighted by atomic mass is 10.1. The van der Waals surface area contributed by atoms with Crippen LogP contribution in [0.15, 0.2) is 30.5 Å². The molecule has 7 heteroatoms. The number of aryl methyl sites for hydroxylation is 1. The summed E-state index contributed by atoms with van der Waals surface area (Å²) in [7, 11) is 3.63. The minimum absolute atomic E-state index is 0.110. The first kappa shape index (κ1) is 18.1. The average Bonchev–Trinajstić information content (AvgIpc) is 3.27. The Morgan fingerprint density at radius 3 is 2.88 bits per heavy atom. The van der Waals surface area contributed by atoms with Crippen LogP contribution in [0.5, 0.6) is 0 Å². The van der Waals surface area contributed by atoms with E-state index < -0.39 is 6.10 Å². The lowest BCUT2D eigenvalue weighted by Gasteiger charge is -2.18. The first-order chi connectivity index (χ1) is 12.5. The highest BCUT2D eigenvalue weighted by atomic mass is 16.5. The Kier molecular flexibility index (Phi) is 5.37. The van der Waals surface area contributed by atoms with Crippen molar-refractivity contribution in [3.63, 3.8) is 0 Å². The van der Waals surface area contributed by atoms with Crippen LogP contribution in [-0.4, -0.2) is 46.3 Å². The zero-order valence-corrected chi connectivity index (χ0v) is 15.4. The number of rotatable bonds is 5. The number of amides is 2. The summed E-state index contributed by atoms with van der Waals surface area (Å²) in [4.78, 5) is 26.5. The van der Waals surface area contributed by atoms with Gasteiger partial charge in [0, 0.05) is 49.8 Å². The summed E-state index contributed by atoms with van der Waals surface area (Å²) in [6, 6.07) is 6.98. The van der Waals surface area contributed by atoms with E-state index in [0.29, 0.717) is 24.4 Å². The van der Waals surface area contributed by atoms with Crippen molar-refractivity contribution in [1.82, 2.24) is 14.7 Å². The van der Waals surface area contributed by atoms with E-state index in [1.165, 1.54) is 0 Å². The van der Waals surface area contributed by atoms with Crippen LogP contribution in [0, 0.1) is 6.92 Å². The molecule has 0 radical (unpaired) electrons. The highest BCUT2D eigenvalue weighted by Crippen LogP contribution is 2.18. The van der Waals surface area contributed by atoms with Gasteiger partial charge in [0.1, 0.15) is 6.10 Å². The van der Waals surface area contributed by atoms with Gasteiger partial charge in [-0.3, -0.25) is 14.3 Å². The maximum atomic E-state index is 12.7. The second-order valence-electron chi connectivity index (χ2n) is 6.61. The zero-order valence-electron chi connectivity index (χ0n) is 15.4. The van der Waals surface area contributed by atoms with Gasteiger partial charge in [0.2, 0.25) is 0 Å². The molecule has 2 aromatic rings. The first-order valence-electron chi connectivity index (χ1n) is 8.71. The van der Waals surface area contributed by atoms with E-state index in [1.54, 1.807) is 47.1 Å². The zero-order chi connectivity index (χ0) is 18.7. The van der Waals surface area contributed by atoms with Crippen molar-refractivity contribution in [1.29, 1.82) is 0 Å². The third kappa shape index (κ3) is 3.94. The number of anilines is 1. The highest BCUT2D eigenvalue weighted by molar-refractivity contribution is 5.98. The normalized spacial score (nSPS) is 16.5. The molecule has 1 saturated heterocycles. The van der Waals surface area contributed by atoms with Crippen LogP contribution >= 0.6 is 0 Å². The van der Waals surface area contributed by atoms with E-state index >= 15 is 0 Å². The van der Waals surface area contributed by atoms with E-state index in [1.807, 2.05) is 14.0 Å². The minimum atomic E-state index is -0.398. The van der Waals surface area contributed by atoms with Crippen LogP contribution in [0.1, 0.15) is 34.5 Å². The topological polar surface area (TPSA) is 76.5 Å². The first-order valence-corrected chi connectivity index (χ1v) is 8.71. The Bertz CT molecular complexity index is 809. The molecule has 3 rings (SSSR count). The number of ether oxygens (including phenoxy) is 1. The molecule has 1 atom stereocenters. The lowest BCUT2D eigenvalue weighted by molar-refractivity contribution is -0.124. The lowest BCUT2D eigenvalue weighted by Crippen LogP contribution is -2.28. The molecule has 0 aliphatic carbocycles. The van der Waals surface area contributed by atoms with E-state index in [2.05, 4.69) is 10.4 Å². The van der Waals surface area contributed by atoms with Crippen LogP contribution in [0.25, 0.3) is 0 Å². The Morgan fingerprint density at radius 2 is 2.23 bits per heavy atom.